The molecule has 0 spiro atoms. The number of thiazole rings is 1. The number of methoxy groups -OCH3 is 1. The molecule has 1 amide bonds. The quantitative estimate of drug-likeness (QED) is 0.831. The third-order valence-electron chi connectivity index (χ3n) is 3.90. The van der Waals surface area contributed by atoms with Crippen molar-refractivity contribution < 1.29 is 19.0 Å². The Morgan fingerprint density at radius 1 is 1.46 bits per heavy atom. The van der Waals surface area contributed by atoms with Crippen LogP contribution in [0.2, 0.25) is 0 Å². The first-order chi connectivity index (χ1) is 11.7. The van der Waals surface area contributed by atoms with E-state index in [1.54, 1.807) is 30.8 Å². The lowest BCUT2D eigenvalue weighted by molar-refractivity contribution is 0.00357. The zero-order chi connectivity index (χ0) is 16.9. The van der Waals surface area contributed by atoms with E-state index in [2.05, 4.69) is 4.98 Å². The van der Waals surface area contributed by atoms with Gasteiger partial charge in [0.2, 0.25) is 0 Å². The van der Waals surface area contributed by atoms with E-state index < -0.39 is 0 Å². The third-order valence-corrected chi connectivity index (χ3v) is 4.53. The number of benzene rings is 1. The van der Waals surface area contributed by atoms with Gasteiger partial charge in [-0.1, -0.05) is 0 Å². The molecule has 0 bridgehead atoms. The smallest absolute Gasteiger partial charge is 0.254 e. The van der Waals surface area contributed by atoms with E-state index in [1.165, 1.54) is 11.3 Å². The Hall–Kier alpha value is -2.12. The summed E-state index contributed by atoms with van der Waals surface area (Å²) in [5.41, 5.74) is 3.22. The summed E-state index contributed by atoms with van der Waals surface area (Å²) in [5, 5.41) is 1.93. The molecule has 1 aliphatic rings. The van der Waals surface area contributed by atoms with Gasteiger partial charge in [-0.3, -0.25) is 4.79 Å². The predicted molar refractivity (Wildman–Crippen MR) is 90.8 cm³/mol. The number of hydrogen-bond acceptors (Lipinski definition) is 6. The number of hydrogen-bond donors (Lipinski definition) is 0. The number of ether oxygens (including phenoxy) is 3. The van der Waals surface area contributed by atoms with Crippen LogP contribution in [0.4, 0.5) is 0 Å². The first kappa shape index (κ1) is 16.7. The fourth-order valence-electron chi connectivity index (χ4n) is 2.58. The second-order valence-electron chi connectivity index (χ2n) is 5.56. The van der Waals surface area contributed by atoms with Gasteiger partial charge in [-0.25, -0.2) is 4.98 Å². The Morgan fingerprint density at radius 2 is 2.33 bits per heavy atom. The lowest BCUT2D eigenvalue weighted by Crippen LogP contribution is -2.47. The van der Waals surface area contributed by atoms with E-state index in [0.717, 1.165) is 5.69 Å². The van der Waals surface area contributed by atoms with E-state index in [-0.39, 0.29) is 11.9 Å². The van der Waals surface area contributed by atoms with E-state index in [9.17, 15) is 4.79 Å². The minimum atomic E-state index is -0.0184. The van der Waals surface area contributed by atoms with Crippen molar-refractivity contribution in [3.8, 4) is 11.5 Å². The topological polar surface area (TPSA) is 60.9 Å². The Bertz CT molecular complexity index is 690. The Kier molecular flexibility index (Phi) is 5.32. The number of carbonyl (C=O) groups excluding carboxylic acids is 1. The zero-order valence-electron chi connectivity index (χ0n) is 13.7. The first-order valence-electron chi connectivity index (χ1n) is 7.75. The van der Waals surface area contributed by atoms with Gasteiger partial charge < -0.3 is 19.1 Å². The molecule has 1 aliphatic heterocycles. The molecule has 2 aromatic rings. The molecule has 1 saturated heterocycles. The highest BCUT2D eigenvalue weighted by molar-refractivity contribution is 7.07. The van der Waals surface area contributed by atoms with Crippen molar-refractivity contribution >= 4 is 17.2 Å². The number of amides is 1. The van der Waals surface area contributed by atoms with Gasteiger partial charge in [0.25, 0.3) is 5.91 Å². The molecule has 3 rings (SSSR count). The van der Waals surface area contributed by atoms with E-state index in [1.807, 2.05) is 17.2 Å². The Labute approximate surface area is 145 Å². The van der Waals surface area contributed by atoms with E-state index in [0.29, 0.717) is 43.4 Å². The maximum absolute atomic E-state index is 12.7. The molecule has 0 radical (unpaired) electrons. The molecule has 2 heterocycles. The summed E-state index contributed by atoms with van der Waals surface area (Å²) < 4.78 is 16.5. The van der Waals surface area contributed by atoms with Gasteiger partial charge in [0, 0.05) is 17.5 Å². The Balaban J connectivity index is 1.74. The van der Waals surface area contributed by atoms with Crippen molar-refractivity contribution in [1.29, 1.82) is 0 Å². The molecule has 24 heavy (non-hydrogen) atoms. The number of rotatable bonds is 5. The van der Waals surface area contributed by atoms with Crippen molar-refractivity contribution in [3.63, 3.8) is 0 Å². The minimum absolute atomic E-state index is 0.0184. The van der Waals surface area contributed by atoms with Crippen molar-refractivity contribution in [1.82, 2.24) is 9.88 Å². The SMILES string of the molecule is COc1cc(C(=O)N2CCOCC2C)ccc1OCc1cscn1. The van der Waals surface area contributed by atoms with Crippen LogP contribution in [0, 0.1) is 0 Å². The van der Waals surface area contributed by atoms with Gasteiger partial charge in [-0.05, 0) is 25.1 Å². The molecular formula is C17H20N2O4S. The monoisotopic (exact) mass is 348 g/mol. The summed E-state index contributed by atoms with van der Waals surface area (Å²) in [6.07, 6.45) is 0. The van der Waals surface area contributed by atoms with Crippen molar-refractivity contribution in [2.24, 2.45) is 0 Å². The molecule has 0 aliphatic carbocycles. The molecule has 0 saturated carbocycles. The van der Waals surface area contributed by atoms with Gasteiger partial charge in [-0.2, -0.15) is 0 Å². The summed E-state index contributed by atoms with van der Waals surface area (Å²) in [6.45, 7) is 4.09. The van der Waals surface area contributed by atoms with Crippen LogP contribution in [0.5, 0.6) is 11.5 Å². The van der Waals surface area contributed by atoms with Crippen LogP contribution in [0.3, 0.4) is 0 Å². The number of morpholine rings is 1. The average molecular weight is 348 g/mol. The molecule has 1 atom stereocenters. The summed E-state index contributed by atoms with van der Waals surface area (Å²) in [4.78, 5) is 18.7. The number of nitrogens with zero attached hydrogens (tertiary/aromatic N) is 2. The van der Waals surface area contributed by atoms with E-state index in [4.69, 9.17) is 14.2 Å². The summed E-state index contributed by atoms with van der Waals surface area (Å²) >= 11 is 1.52. The third kappa shape index (κ3) is 3.68. The largest absolute Gasteiger partial charge is 0.493 e. The lowest BCUT2D eigenvalue weighted by atomic mass is 10.1. The normalized spacial score (nSPS) is 17.6. The van der Waals surface area contributed by atoms with Crippen LogP contribution in [0.25, 0.3) is 0 Å². The second-order valence-corrected chi connectivity index (χ2v) is 6.28. The zero-order valence-corrected chi connectivity index (χ0v) is 14.5. The fourth-order valence-corrected chi connectivity index (χ4v) is 3.12. The van der Waals surface area contributed by atoms with Crippen molar-refractivity contribution in [3.05, 3.63) is 40.3 Å². The van der Waals surface area contributed by atoms with Gasteiger partial charge in [0.05, 0.1) is 37.6 Å². The molecule has 1 aromatic carbocycles. The van der Waals surface area contributed by atoms with E-state index >= 15 is 0 Å². The lowest BCUT2D eigenvalue weighted by Gasteiger charge is -2.33. The minimum Gasteiger partial charge on any atom is -0.493 e. The van der Waals surface area contributed by atoms with Crippen LogP contribution < -0.4 is 9.47 Å². The number of aromatic nitrogens is 1. The van der Waals surface area contributed by atoms with Crippen LogP contribution >= 0.6 is 11.3 Å². The van der Waals surface area contributed by atoms with Gasteiger partial charge >= 0.3 is 0 Å². The van der Waals surface area contributed by atoms with Crippen LogP contribution in [-0.4, -0.2) is 48.7 Å². The highest BCUT2D eigenvalue weighted by atomic mass is 32.1. The summed E-state index contributed by atoms with van der Waals surface area (Å²) in [5.74, 6) is 1.12. The standard InChI is InChI=1S/C17H20N2O4S/c1-12-8-22-6-5-19(12)17(20)13-3-4-15(16(7-13)21-2)23-9-14-10-24-11-18-14/h3-4,7,10-12H,5-6,8-9H2,1-2H3. The molecule has 1 fully saturated rings. The van der Waals surface area contributed by atoms with Gasteiger partial charge in [-0.15, -0.1) is 11.3 Å². The van der Waals surface area contributed by atoms with Gasteiger partial charge in [0.1, 0.15) is 6.61 Å². The van der Waals surface area contributed by atoms with Gasteiger partial charge in [0.15, 0.2) is 11.5 Å². The molecule has 7 heteroatoms. The maximum Gasteiger partial charge on any atom is 0.254 e. The second kappa shape index (κ2) is 7.63. The molecule has 128 valence electrons. The van der Waals surface area contributed by atoms with Crippen LogP contribution in [0.15, 0.2) is 29.1 Å². The molecular weight excluding hydrogens is 328 g/mol. The van der Waals surface area contributed by atoms with Crippen molar-refractivity contribution in [2.75, 3.05) is 26.9 Å². The highest BCUT2D eigenvalue weighted by Gasteiger charge is 2.25. The Morgan fingerprint density at radius 3 is 3.04 bits per heavy atom. The average Bonchev–Trinajstić information content (AvgIpc) is 3.13. The summed E-state index contributed by atoms with van der Waals surface area (Å²) in [7, 11) is 1.57. The predicted octanol–water partition coefficient (Wildman–Crippen LogP) is 2.59. The number of carbonyl (C=O) groups is 1. The summed E-state index contributed by atoms with van der Waals surface area (Å²) in [6, 6.07) is 5.33. The van der Waals surface area contributed by atoms with Crippen LogP contribution in [0.1, 0.15) is 23.0 Å². The maximum atomic E-state index is 12.7. The molecule has 1 aromatic heterocycles. The highest BCUT2D eigenvalue weighted by Crippen LogP contribution is 2.29. The first-order valence-corrected chi connectivity index (χ1v) is 8.70. The molecule has 6 nitrogen and oxygen atoms in total. The van der Waals surface area contributed by atoms with Crippen molar-refractivity contribution in [2.45, 2.75) is 19.6 Å². The molecule has 1 unspecified atom stereocenters. The molecule has 0 N–H and O–H groups in total. The fraction of sp³-hybridized carbons (Fsp3) is 0.412. The van der Waals surface area contributed by atoms with Crippen LogP contribution in [-0.2, 0) is 11.3 Å².